The number of halogens is 1. The lowest BCUT2D eigenvalue weighted by Crippen LogP contribution is -2.21. The summed E-state index contributed by atoms with van der Waals surface area (Å²) in [4.78, 5) is 4.24. The van der Waals surface area contributed by atoms with Crippen molar-refractivity contribution in [3.63, 3.8) is 0 Å². The van der Waals surface area contributed by atoms with Crippen LogP contribution in [0.1, 0.15) is 29.9 Å². The second kappa shape index (κ2) is 5.66. The molecule has 0 radical (unpaired) electrons. The Labute approximate surface area is 122 Å². The normalized spacial score (nSPS) is 12.7. The minimum absolute atomic E-state index is 0.0853. The molecule has 0 aliphatic heterocycles. The maximum Gasteiger partial charge on any atom is 0.134 e. The van der Waals surface area contributed by atoms with E-state index in [4.69, 9.17) is 4.42 Å². The highest BCUT2D eigenvalue weighted by Gasteiger charge is 2.18. The van der Waals surface area contributed by atoms with Gasteiger partial charge in [-0.3, -0.25) is 4.98 Å². The number of pyridine rings is 1. The zero-order valence-corrected chi connectivity index (χ0v) is 12.1. The molecule has 0 fully saturated rings. The highest BCUT2D eigenvalue weighted by molar-refractivity contribution is 5.78. The van der Waals surface area contributed by atoms with Gasteiger partial charge in [-0.25, -0.2) is 4.39 Å². The first kappa shape index (κ1) is 13.8. The van der Waals surface area contributed by atoms with Crippen LogP contribution in [-0.4, -0.2) is 11.5 Å². The summed E-state index contributed by atoms with van der Waals surface area (Å²) in [7, 11) is 0. The zero-order chi connectivity index (χ0) is 14.8. The molecule has 3 nitrogen and oxygen atoms in total. The lowest BCUT2D eigenvalue weighted by molar-refractivity contribution is 0.476. The van der Waals surface area contributed by atoms with E-state index in [1.165, 1.54) is 12.1 Å². The predicted molar refractivity (Wildman–Crippen MR) is 80.7 cm³/mol. The molecule has 0 bridgehead atoms. The summed E-state index contributed by atoms with van der Waals surface area (Å²) in [6.45, 7) is 4.84. The molecular weight excluding hydrogens is 267 g/mol. The van der Waals surface area contributed by atoms with E-state index in [2.05, 4.69) is 16.4 Å². The Kier molecular flexibility index (Phi) is 3.71. The number of benzene rings is 1. The molecule has 21 heavy (non-hydrogen) atoms. The number of hydrogen-bond donors (Lipinski definition) is 1. The van der Waals surface area contributed by atoms with E-state index in [9.17, 15) is 4.39 Å². The van der Waals surface area contributed by atoms with Gasteiger partial charge in [0.25, 0.3) is 0 Å². The molecule has 1 atom stereocenters. The fraction of sp³-hybridized carbons (Fsp3) is 0.235. The van der Waals surface area contributed by atoms with E-state index in [1.54, 1.807) is 6.07 Å². The van der Waals surface area contributed by atoms with Crippen LogP contribution in [0.2, 0.25) is 0 Å². The number of rotatable bonds is 4. The van der Waals surface area contributed by atoms with Gasteiger partial charge in [0.15, 0.2) is 0 Å². The van der Waals surface area contributed by atoms with E-state index >= 15 is 0 Å². The molecule has 2 aromatic heterocycles. The number of nitrogens with zero attached hydrogens (tertiary/aromatic N) is 1. The Bertz CT molecular complexity index is 766. The van der Waals surface area contributed by atoms with Crippen molar-refractivity contribution in [1.82, 2.24) is 10.3 Å². The van der Waals surface area contributed by atoms with Crippen molar-refractivity contribution in [2.24, 2.45) is 0 Å². The van der Waals surface area contributed by atoms with Crippen molar-refractivity contribution in [3.8, 4) is 0 Å². The first-order valence-electron chi connectivity index (χ1n) is 7.01. The van der Waals surface area contributed by atoms with E-state index in [1.807, 2.05) is 32.3 Å². The predicted octanol–water partition coefficient (Wildman–Crippen LogP) is 3.97. The summed E-state index contributed by atoms with van der Waals surface area (Å²) in [6, 6.07) is 8.43. The minimum Gasteiger partial charge on any atom is -0.459 e. The lowest BCUT2D eigenvalue weighted by atomic mass is 10.0. The molecule has 0 amide bonds. The summed E-state index contributed by atoms with van der Waals surface area (Å²) >= 11 is 0. The quantitative estimate of drug-likeness (QED) is 0.787. The smallest absolute Gasteiger partial charge is 0.134 e. The Balaban J connectivity index is 2.06. The summed E-state index contributed by atoms with van der Waals surface area (Å²) in [6.07, 6.45) is 3.65. The zero-order valence-electron chi connectivity index (χ0n) is 12.1. The van der Waals surface area contributed by atoms with Crippen LogP contribution in [0.4, 0.5) is 4.39 Å². The molecule has 3 rings (SSSR count). The first-order chi connectivity index (χ1) is 10.2. The molecule has 0 aliphatic rings. The van der Waals surface area contributed by atoms with Gasteiger partial charge in [0.1, 0.15) is 17.2 Å². The molecule has 0 saturated heterocycles. The van der Waals surface area contributed by atoms with Gasteiger partial charge in [-0.1, -0.05) is 13.0 Å². The first-order valence-corrected chi connectivity index (χ1v) is 7.01. The number of nitrogens with one attached hydrogen (secondary N) is 1. The van der Waals surface area contributed by atoms with Crippen LogP contribution in [0, 0.1) is 12.7 Å². The lowest BCUT2D eigenvalue weighted by Gasteiger charge is -2.15. The van der Waals surface area contributed by atoms with Crippen molar-refractivity contribution >= 4 is 11.0 Å². The SMILES string of the molecule is CCNC(c1cncc(C)c1)c1cc2cc(F)ccc2o1. The molecule has 0 spiro atoms. The average Bonchev–Trinajstić information content (AvgIpc) is 2.87. The van der Waals surface area contributed by atoms with E-state index < -0.39 is 0 Å². The van der Waals surface area contributed by atoms with Gasteiger partial charge in [0, 0.05) is 17.8 Å². The molecule has 3 aromatic rings. The van der Waals surface area contributed by atoms with Crippen molar-refractivity contribution in [1.29, 1.82) is 0 Å². The molecule has 1 unspecified atom stereocenters. The van der Waals surface area contributed by atoms with Gasteiger partial charge in [-0.15, -0.1) is 0 Å². The number of hydrogen-bond acceptors (Lipinski definition) is 3. The maximum atomic E-state index is 13.3. The van der Waals surface area contributed by atoms with E-state index in [-0.39, 0.29) is 11.9 Å². The fourth-order valence-corrected chi connectivity index (χ4v) is 2.50. The van der Waals surface area contributed by atoms with Crippen LogP contribution in [-0.2, 0) is 0 Å². The second-order valence-corrected chi connectivity index (χ2v) is 5.12. The second-order valence-electron chi connectivity index (χ2n) is 5.12. The molecule has 0 aliphatic carbocycles. The Hall–Kier alpha value is -2.20. The van der Waals surface area contributed by atoms with Crippen LogP contribution in [0.25, 0.3) is 11.0 Å². The molecule has 108 valence electrons. The van der Waals surface area contributed by atoms with E-state index in [0.29, 0.717) is 5.58 Å². The topological polar surface area (TPSA) is 38.1 Å². The highest BCUT2D eigenvalue weighted by atomic mass is 19.1. The Morgan fingerprint density at radius 1 is 1.24 bits per heavy atom. The highest BCUT2D eigenvalue weighted by Crippen LogP contribution is 2.28. The molecule has 0 saturated carbocycles. The Morgan fingerprint density at radius 3 is 2.86 bits per heavy atom. The van der Waals surface area contributed by atoms with Crippen LogP contribution in [0.5, 0.6) is 0 Å². The summed E-state index contributed by atoms with van der Waals surface area (Å²) in [5.41, 5.74) is 2.82. The van der Waals surface area contributed by atoms with Gasteiger partial charge >= 0.3 is 0 Å². The number of fused-ring (bicyclic) bond motifs is 1. The largest absolute Gasteiger partial charge is 0.459 e. The van der Waals surface area contributed by atoms with Crippen molar-refractivity contribution in [2.45, 2.75) is 19.9 Å². The van der Waals surface area contributed by atoms with Gasteiger partial charge < -0.3 is 9.73 Å². The number of aryl methyl sites for hydroxylation is 1. The number of furan rings is 1. The van der Waals surface area contributed by atoms with Crippen molar-refractivity contribution < 1.29 is 8.81 Å². The molecule has 1 N–H and O–H groups in total. The summed E-state index contributed by atoms with van der Waals surface area (Å²) < 4.78 is 19.2. The van der Waals surface area contributed by atoms with Crippen molar-refractivity contribution in [2.75, 3.05) is 6.54 Å². The fourth-order valence-electron chi connectivity index (χ4n) is 2.50. The van der Waals surface area contributed by atoms with Crippen LogP contribution in [0.3, 0.4) is 0 Å². The van der Waals surface area contributed by atoms with Gasteiger partial charge in [-0.05, 0) is 48.9 Å². The van der Waals surface area contributed by atoms with Crippen LogP contribution < -0.4 is 5.32 Å². The monoisotopic (exact) mass is 284 g/mol. The Morgan fingerprint density at radius 2 is 2.10 bits per heavy atom. The van der Waals surface area contributed by atoms with Gasteiger partial charge in [0.05, 0.1) is 6.04 Å². The number of aromatic nitrogens is 1. The molecule has 2 heterocycles. The summed E-state index contributed by atoms with van der Waals surface area (Å²) in [5, 5.41) is 4.16. The van der Waals surface area contributed by atoms with E-state index in [0.717, 1.165) is 28.8 Å². The van der Waals surface area contributed by atoms with Crippen molar-refractivity contribution in [3.05, 3.63) is 65.4 Å². The molecule has 1 aromatic carbocycles. The maximum absolute atomic E-state index is 13.3. The van der Waals surface area contributed by atoms with Crippen LogP contribution >= 0.6 is 0 Å². The molecular formula is C17H17FN2O. The third-order valence-corrected chi connectivity index (χ3v) is 3.42. The summed E-state index contributed by atoms with van der Waals surface area (Å²) in [5.74, 6) is 0.511. The van der Waals surface area contributed by atoms with Crippen LogP contribution in [0.15, 0.2) is 47.1 Å². The molecule has 4 heteroatoms. The minimum atomic E-state index is -0.257. The van der Waals surface area contributed by atoms with Gasteiger partial charge in [-0.2, -0.15) is 0 Å². The average molecular weight is 284 g/mol. The van der Waals surface area contributed by atoms with Gasteiger partial charge in [0.2, 0.25) is 0 Å². The third kappa shape index (κ3) is 2.81. The third-order valence-electron chi connectivity index (χ3n) is 3.42. The standard InChI is InChI=1S/C17H17FN2O/c1-3-20-17(13-6-11(2)9-19-10-13)16-8-12-7-14(18)4-5-15(12)21-16/h4-10,17,20H,3H2,1-2H3.